The minimum Gasteiger partial charge on any atom is -0.413 e. The van der Waals surface area contributed by atoms with E-state index >= 15 is 0 Å². The van der Waals surface area contributed by atoms with E-state index < -0.39 is 30.6 Å². The molecule has 1 aliphatic rings. The van der Waals surface area contributed by atoms with Gasteiger partial charge in [0.2, 0.25) is 0 Å². The fourth-order valence-electron chi connectivity index (χ4n) is 5.90. The van der Waals surface area contributed by atoms with E-state index in [0.717, 1.165) is 33.4 Å². The number of nitrogens with zero attached hydrogens (tertiary/aromatic N) is 4. The van der Waals surface area contributed by atoms with E-state index in [1.165, 1.54) is 0 Å². The molecule has 6 aromatic rings. The van der Waals surface area contributed by atoms with Crippen LogP contribution in [0.2, 0.25) is 0 Å². The average molecular weight is 941 g/mol. The molecule has 6 aromatic carbocycles. The molecule has 0 radical (unpaired) electrons. The van der Waals surface area contributed by atoms with Crippen molar-refractivity contribution in [2.75, 3.05) is 13.2 Å². The maximum atomic E-state index is 7.14. The van der Waals surface area contributed by atoms with Crippen molar-refractivity contribution in [2.45, 2.75) is 68.2 Å². The van der Waals surface area contributed by atoms with Gasteiger partial charge in [-0.25, -0.2) is 0 Å². The first kappa shape index (κ1) is 46.9. The fourth-order valence-corrected chi connectivity index (χ4v) is 18.3. The van der Waals surface area contributed by atoms with E-state index in [1.807, 2.05) is 201 Å². The molecule has 0 N–H and O–H groups in total. The van der Waals surface area contributed by atoms with Crippen molar-refractivity contribution in [1.29, 1.82) is 0 Å². The largest absolute Gasteiger partial charge is 0.460 e. The highest BCUT2D eigenvalue weighted by molar-refractivity contribution is 7.79. The van der Waals surface area contributed by atoms with Gasteiger partial charge in [-0.15, -0.1) is 9.03 Å². The Hall–Kier alpha value is -5.04. The predicted octanol–water partition coefficient (Wildman–Crippen LogP) is 17.0. The standard InChI is InChI=1S/C48H56N4O8P4/c1-9-35-53-61(54-36-10-2)49-62(55-43-23-11-37(3)12-24-43,56-44-25-13-38(4)14-26-44)51-64(59-47-31-19-41(7)20-32-47,60-48-33-21-42(8)22-34-48)52-63(50-61,57-45-27-15-39(5)16-28-45)58-46-29-17-40(6)18-30-46/h11-34H,9-10,35-36H2,1-8H3. The van der Waals surface area contributed by atoms with Gasteiger partial charge < -0.3 is 36.2 Å². The van der Waals surface area contributed by atoms with E-state index in [2.05, 4.69) is 0 Å². The Morgan fingerprint density at radius 3 is 0.641 bits per heavy atom. The van der Waals surface area contributed by atoms with Gasteiger partial charge in [0.15, 0.2) is 0 Å². The van der Waals surface area contributed by atoms with Crippen molar-refractivity contribution in [3.63, 3.8) is 0 Å². The highest BCUT2D eigenvalue weighted by Gasteiger charge is 2.48. The third kappa shape index (κ3) is 12.6. The van der Waals surface area contributed by atoms with Crippen LogP contribution in [0.1, 0.15) is 60.1 Å². The molecule has 7 rings (SSSR count). The number of aryl methyl sites for hydroxylation is 6. The van der Waals surface area contributed by atoms with Crippen LogP contribution in [0.15, 0.2) is 164 Å². The molecule has 1 aliphatic heterocycles. The number of hydrogen-bond donors (Lipinski definition) is 0. The lowest BCUT2D eigenvalue weighted by molar-refractivity contribution is 0.240. The van der Waals surface area contributed by atoms with Gasteiger partial charge in [0.05, 0.1) is 13.2 Å². The Bertz CT molecular complexity index is 2470. The first-order valence-electron chi connectivity index (χ1n) is 21.2. The predicted molar refractivity (Wildman–Crippen MR) is 261 cm³/mol. The van der Waals surface area contributed by atoms with Gasteiger partial charge in [-0.2, -0.15) is 0 Å². The smallest absolute Gasteiger partial charge is 0.413 e. The minimum atomic E-state index is -4.30. The van der Waals surface area contributed by atoms with E-state index in [4.69, 9.17) is 54.3 Å². The van der Waals surface area contributed by atoms with Crippen molar-refractivity contribution in [2.24, 2.45) is 18.1 Å². The van der Waals surface area contributed by atoms with Gasteiger partial charge in [-0.3, -0.25) is 0 Å². The van der Waals surface area contributed by atoms with Gasteiger partial charge in [0, 0.05) is 0 Å². The summed E-state index contributed by atoms with van der Waals surface area (Å²) < 4.78 is 78.4. The maximum Gasteiger partial charge on any atom is 0.460 e. The summed E-state index contributed by atoms with van der Waals surface area (Å²) >= 11 is 0. The molecular formula is C48H56N4O8P4. The highest BCUT2D eigenvalue weighted by atomic mass is 31.3. The van der Waals surface area contributed by atoms with Crippen LogP contribution in [0.3, 0.4) is 0 Å². The molecule has 0 spiro atoms. The average Bonchev–Trinajstić information content (AvgIpc) is 3.27. The molecule has 0 unspecified atom stereocenters. The number of benzene rings is 6. The van der Waals surface area contributed by atoms with Crippen molar-refractivity contribution in [3.05, 3.63) is 179 Å². The summed E-state index contributed by atoms with van der Waals surface area (Å²) in [6.45, 7) is 16.4. The summed E-state index contributed by atoms with van der Waals surface area (Å²) in [5.74, 6) is 2.47. The zero-order chi connectivity index (χ0) is 45.2. The normalized spacial score (nSPS) is 15.6. The summed E-state index contributed by atoms with van der Waals surface area (Å²) in [4.78, 5) is 0. The highest BCUT2D eigenvalue weighted by Crippen LogP contribution is 2.79. The van der Waals surface area contributed by atoms with Crippen LogP contribution in [0.4, 0.5) is 0 Å². The van der Waals surface area contributed by atoms with Crippen LogP contribution in [-0.2, 0) is 9.05 Å². The number of hydrogen-bond acceptors (Lipinski definition) is 12. The van der Waals surface area contributed by atoms with Crippen LogP contribution in [-0.4, -0.2) is 13.2 Å². The Morgan fingerprint density at radius 1 is 0.281 bits per heavy atom. The van der Waals surface area contributed by atoms with Crippen LogP contribution < -0.4 is 27.1 Å². The summed E-state index contributed by atoms with van der Waals surface area (Å²) in [5, 5.41) is 0. The van der Waals surface area contributed by atoms with Gasteiger partial charge >= 0.3 is 30.6 Å². The molecule has 0 saturated carbocycles. The zero-order valence-electron chi connectivity index (χ0n) is 37.5. The maximum absolute atomic E-state index is 7.14. The lowest BCUT2D eigenvalue weighted by Crippen LogP contribution is -2.10. The molecule has 12 nitrogen and oxygen atoms in total. The summed E-state index contributed by atoms with van der Waals surface area (Å²) in [6.07, 6.45) is 1.21. The fraction of sp³-hybridized carbons (Fsp3) is 0.250. The Morgan fingerprint density at radius 2 is 0.453 bits per heavy atom. The molecule has 336 valence electrons. The summed E-state index contributed by atoms with van der Waals surface area (Å²) in [7, 11) is -16.7. The van der Waals surface area contributed by atoms with E-state index in [0.29, 0.717) is 47.3 Å². The molecule has 0 fully saturated rings. The van der Waals surface area contributed by atoms with Gasteiger partial charge in [0.25, 0.3) is 0 Å². The molecular weight excluding hydrogens is 884 g/mol. The molecule has 64 heavy (non-hydrogen) atoms. The molecule has 0 atom stereocenters. The second-order valence-corrected chi connectivity index (χ2v) is 23.8. The second-order valence-electron chi connectivity index (χ2n) is 15.4. The lowest BCUT2D eigenvalue weighted by Gasteiger charge is -2.33. The molecule has 0 bridgehead atoms. The Balaban J connectivity index is 1.68. The lowest BCUT2D eigenvalue weighted by atomic mass is 10.2. The van der Waals surface area contributed by atoms with Gasteiger partial charge in [0.1, 0.15) is 34.5 Å². The molecule has 0 aliphatic carbocycles. The monoisotopic (exact) mass is 940 g/mol. The van der Waals surface area contributed by atoms with E-state index in [-0.39, 0.29) is 13.2 Å². The first-order chi connectivity index (χ1) is 30.8. The summed E-state index contributed by atoms with van der Waals surface area (Å²) in [5.41, 5.74) is 6.14. The first-order valence-corrected chi connectivity index (χ1v) is 27.3. The topological polar surface area (TPSA) is 123 Å². The SMILES string of the molecule is CCCOP1(OCCC)=NP(Oc2ccc(C)cc2)(Oc2ccc(C)cc2)=NP(Oc2ccc(C)cc2)(Oc2ccc(C)cc2)=NP(Oc2ccc(C)cc2)(Oc2ccc(C)cc2)=N1. The second kappa shape index (κ2) is 20.9. The molecule has 0 saturated heterocycles. The molecule has 16 heteroatoms. The number of rotatable bonds is 18. The van der Waals surface area contributed by atoms with Crippen molar-refractivity contribution in [1.82, 2.24) is 0 Å². The van der Waals surface area contributed by atoms with Crippen LogP contribution >= 0.6 is 30.6 Å². The Labute approximate surface area is 378 Å². The molecule has 1 heterocycles. The molecule has 0 amide bonds. The van der Waals surface area contributed by atoms with Gasteiger partial charge in [-0.1, -0.05) is 129 Å². The quantitative estimate of drug-likeness (QED) is 0.0781. The van der Waals surface area contributed by atoms with E-state index in [9.17, 15) is 0 Å². The van der Waals surface area contributed by atoms with Crippen LogP contribution in [0.5, 0.6) is 34.5 Å². The van der Waals surface area contributed by atoms with E-state index in [1.54, 1.807) is 0 Å². The molecule has 0 aromatic heterocycles. The third-order valence-electron chi connectivity index (χ3n) is 9.30. The van der Waals surface area contributed by atoms with Crippen LogP contribution in [0.25, 0.3) is 0 Å². The van der Waals surface area contributed by atoms with Gasteiger partial charge in [-0.05, 0) is 127 Å². The van der Waals surface area contributed by atoms with Crippen molar-refractivity contribution < 1.29 is 36.2 Å². The zero-order valence-corrected chi connectivity index (χ0v) is 41.1. The summed E-state index contributed by atoms with van der Waals surface area (Å²) in [6, 6.07) is 45.3. The van der Waals surface area contributed by atoms with Crippen molar-refractivity contribution in [3.8, 4) is 34.5 Å². The third-order valence-corrected chi connectivity index (χ3v) is 20.3. The minimum absolute atomic E-state index is 0.203. The Kier molecular flexibility index (Phi) is 15.3. The van der Waals surface area contributed by atoms with Crippen molar-refractivity contribution >= 4 is 30.6 Å². The van der Waals surface area contributed by atoms with Crippen LogP contribution in [0, 0.1) is 41.5 Å².